The number of rotatable bonds is 3. The third-order valence-corrected chi connectivity index (χ3v) is 3.73. The summed E-state index contributed by atoms with van der Waals surface area (Å²) >= 11 is 0. The van der Waals surface area contributed by atoms with Gasteiger partial charge in [0.05, 0.1) is 24.3 Å². The summed E-state index contributed by atoms with van der Waals surface area (Å²) in [5.41, 5.74) is 9.73. The first-order chi connectivity index (χ1) is 8.79. The van der Waals surface area contributed by atoms with Gasteiger partial charge in [0.2, 0.25) is 0 Å². The topological polar surface area (TPSA) is 61.7 Å². The summed E-state index contributed by atoms with van der Waals surface area (Å²) in [6.07, 6.45) is 10.6. The molecular formula is C13H19N5. The molecule has 0 bridgehead atoms. The van der Waals surface area contributed by atoms with Gasteiger partial charge >= 0.3 is 0 Å². The number of nitrogens with two attached hydrogens (primary N) is 1. The summed E-state index contributed by atoms with van der Waals surface area (Å²) in [6, 6.07) is 0.160. The molecule has 5 heteroatoms. The van der Waals surface area contributed by atoms with E-state index >= 15 is 0 Å². The fraction of sp³-hybridized carbons (Fsp3) is 0.538. The Morgan fingerprint density at radius 1 is 1.39 bits per heavy atom. The molecule has 0 saturated heterocycles. The molecule has 0 saturated carbocycles. The lowest BCUT2D eigenvalue weighted by Gasteiger charge is -2.20. The fourth-order valence-electron chi connectivity index (χ4n) is 2.78. The number of nitrogens with zero attached hydrogens (tertiary/aromatic N) is 4. The Labute approximate surface area is 107 Å². The zero-order valence-corrected chi connectivity index (χ0v) is 10.7. The zero-order valence-electron chi connectivity index (χ0n) is 10.7. The van der Waals surface area contributed by atoms with E-state index in [9.17, 15) is 0 Å². The van der Waals surface area contributed by atoms with Gasteiger partial charge < -0.3 is 10.3 Å². The van der Waals surface area contributed by atoms with E-state index in [4.69, 9.17) is 5.73 Å². The number of aryl methyl sites for hydroxylation is 2. The summed E-state index contributed by atoms with van der Waals surface area (Å²) in [5, 5.41) is 4.23. The minimum absolute atomic E-state index is 0.160. The molecule has 2 aromatic rings. The van der Waals surface area contributed by atoms with Crippen molar-refractivity contribution in [2.75, 3.05) is 6.54 Å². The Morgan fingerprint density at radius 3 is 2.94 bits per heavy atom. The second kappa shape index (κ2) is 4.57. The number of fused-ring (bicyclic) bond motifs is 1. The Kier molecular flexibility index (Phi) is 2.91. The van der Waals surface area contributed by atoms with E-state index in [1.54, 1.807) is 0 Å². The van der Waals surface area contributed by atoms with E-state index in [2.05, 4.69) is 14.6 Å². The van der Waals surface area contributed by atoms with Gasteiger partial charge in [-0.25, -0.2) is 4.98 Å². The van der Waals surface area contributed by atoms with Gasteiger partial charge in [-0.2, -0.15) is 5.10 Å². The van der Waals surface area contributed by atoms with E-state index in [-0.39, 0.29) is 6.04 Å². The minimum Gasteiger partial charge on any atom is -0.328 e. The van der Waals surface area contributed by atoms with Gasteiger partial charge in [-0.3, -0.25) is 4.68 Å². The molecule has 0 radical (unpaired) electrons. The van der Waals surface area contributed by atoms with Crippen LogP contribution in [0.3, 0.4) is 0 Å². The Bertz CT molecular complexity index is 539. The summed E-state index contributed by atoms with van der Waals surface area (Å²) in [6.45, 7) is 0.578. The number of imidazole rings is 1. The monoisotopic (exact) mass is 245 g/mol. The lowest BCUT2D eigenvalue weighted by Crippen LogP contribution is -2.22. The van der Waals surface area contributed by atoms with Crippen molar-refractivity contribution < 1.29 is 0 Å². The van der Waals surface area contributed by atoms with Crippen LogP contribution in [0.2, 0.25) is 0 Å². The summed E-state index contributed by atoms with van der Waals surface area (Å²) in [5.74, 6) is 0. The van der Waals surface area contributed by atoms with E-state index < -0.39 is 0 Å². The predicted octanol–water partition coefficient (Wildman–Crippen LogP) is 1.04. The van der Waals surface area contributed by atoms with Crippen molar-refractivity contribution in [2.45, 2.75) is 31.7 Å². The maximum Gasteiger partial charge on any atom is 0.0957 e. The lowest BCUT2D eigenvalue weighted by atomic mass is 10.00. The quantitative estimate of drug-likeness (QED) is 0.879. The summed E-state index contributed by atoms with van der Waals surface area (Å²) < 4.78 is 4.06. The average Bonchev–Trinajstić information content (AvgIpc) is 2.98. The van der Waals surface area contributed by atoms with Crippen LogP contribution in [0.4, 0.5) is 0 Å². The van der Waals surface area contributed by atoms with Crippen molar-refractivity contribution in [3.05, 3.63) is 35.7 Å². The number of hydrogen-bond donors (Lipinski definition) is 1. The van der Waals surface area contributed by atoms with Crippen LogP contribution >= 0.6 is 0 Å². The van der Waals surface area contributed by atoms with E-state index in [1.165, 1.54) is 24.2 Å². The van der Waals surface area contributed by atoms with Crippen LogP contribution in [0, 0.1) is 0 Å². The van der Waals surface area contributed by atoms with Crippen LogP contribution in [0.1, 0.15) is 35.8 Å². The van der Waals surface area contributed by atoms with Crippen LogP contribution in [0.25, 0.3) is 0 Å². The molecule has 18 heavy (non-hydrogen) atoms. The van der Waals surface area contributed by atoms with E-state index in [0.717, 1.165) is 18.4 Å². The van der Waals surface area contributed by atoms with Gasteiger partial charge in [0.1, 0.15) is 0 Å². The highest BCUT2D eigenvalue weighted by Gasteiger charge is 2.21. The Morgan fingerprint density at radius 2 is 2.22 bits per heavy atom. The van der Waals surface area contributed by atoms with Gasteiger partial charge in [-0.15, -0.1) is 0 Å². The van der Waals surface area contributed by atoms with Gasteiger partial charge in [0, 0.05) is 31.0 Å². The van der Waals surface area contributed by atoms with Gasteiger partial charge in [0.15, 0.2) is 0 Å². The first-order valence-electron chi connectivity index (χ1n) is 6.53. The molecule has 1 atom stereocenters. The molecule has 0 aliphatic heterocycles. The average molecular weight is 245 g/mol. The normalized spacial score (nSPS) is 16.6. The Balaban J connectivity index is 1.99. The molecule has 5 nitrogen and oxygen atoms in total. The molecule has 1 aliphatic carbocycles. The molecule has 2 aromatic heterocycles. The maximum atomic E-state index is 5.95. The highest BCUT2D eigenvalue weighted by atomic mass is 15.2. The molecule has 1 aliphatic rings. The van der Waals surface area contributed by atoms with Gasteiger partial charge in [-0.1, -0.05) is 0 Å². The predicted molar refractivity (Wildman–Crippen MR) is 69.3 cm³/mol. The maximum absolute atomic E-state index is 5.95. The second-order valence-electron chi connectivity index (χ2n) is 4.95. The molecule has 0 aromatic carbocycles. The van der Waals surface area contributed by atoms with Crippen LogP contribution in [-0.2, 0) is 19.9 Å². The molecule has 96 valence electrons. The Hall–Kier alpha value is -1.62. The van der Waals surface area contributed by atoms with Crippen molar-refractivity contribution in [3.8, 4) is 0 Å². The van der Waals surface area contributed by atoms with E-state index in [1.807, 2.05) is 30.5 Å². The third-order valence-electron chi connectivity index (χ3n) is 3.73. The standard InChI is InChI=1S/C13H19N5/c1-17-8-10(7-16-17)13(6-14)18-9-15-11-4-2-3-5-12(11)18/h7-9,13H,2-6,14H2,1H3. The summed E-state index contributed by atoms with van der Waals surface area (Å²) in [4.78, 5) is 4.54. The van der Waals surface area contributed by atoms with Crippen molar-refractivity contribution in [1.29, 1.82) is 0 Å². The van der Waals surface area contributed by atoms with Crippen LogP contribution in [0.15, 0.2) is 18.7 Å². The highest BCUT2D eigenvalue weighted by molar-refractivity contribution is 5.22. The largest absolute Gasteiger partial charge is 0.328 e. The van der Waals surface area contributed by atoms with E-state index in [0.29, 0.717) is 6.54 Å². The summed E-state index contributed by atoms with van der Waals surface area (Å²) in [7, 11) is 1.93. The smallest absolute Gasteiger partial charge is 0.0957 e. The SMILES string of the molecule is Cn1cc(C(CN)n2cnc3c2CCCC3)cn1. The van der Waals surface area contributed by atoms with Crippen LogP contribution in [-0.4, -0.2) is 25.9 Å². The van der Waals surface area contributed by atoms with Gasteiger partial charge in [-0.05, 0) is 25.7 Å². The molecular weight excluding hydrogens is 226 g/mol. The minimum atomic E-state index is 0.160. The molecule has 0 spiro atoms. The lowest BCUT2D eigenvalue weighted by molar-refractivity contribution is 0.546. The van der Waals surface area contributed by atoms with Crippen molar-refractivity contribution >= 4 is 0 Å². The van der Waals surface area contributed by atoms with Crippen molar-refractivity contribution in [3.63, 3.8) is 0 Å². The van der Waals surface area contributed by atoms with Crippen molar-refractivity contribution in [1.82, 2.24) is 19.3 Å². The van der Waals surface area contributed by atoms with Gasteiger partial charge in [0.25, 0.3) is 0 Å². The highest BCUT2D eigenvalue weighted by Crippen LogP contribution is 2.25. The molecule has 0 amide bonds. The second-order valence-corrected chi connectivity index (χ2v) is 4.95. The van der Waals surface area contributed by atoms with Crippen LogP contribution < -0.4 is 5.73 Å². The molecule has 1 unspecified atom stereocenters. The fourth-order valence-corrected chi connectivity index (χ4v) is 2.78. The number of hydrogen-bond acceptors (Lipinski definition) is 3. The zero-order chi connectivity index (χ0) is 12.5. The first kappa shape index (κ1) is 11.5. The molecule has 2 N–H and O–H groups in total. The third kappa shape index (κ3) is 1.84. The number of aromatic nitrogens is 4. The van der Waals surface area contributed by atoms with Crippen LogP contribution in [0.5, 0.6) is 0 Å². The van der Waals surface area contributed by atoms with Crippen molar-refractivity contribution in [2.24, 2.45) is 12.8 Å². The molecule has 0 fully saturated rings. The molecule has 2 heterocycles. The molecule has 3 rings (SSSR count). The first-order valence-corrected chi connectivity index (χ1v) is 6.53.